The van der Waals surface area contributed by atoms with Crippen LogP contribution in [0, 0.1) is 17.2 Å². The first-order chi connectivity index (χ1) is 10.5. The van der Waals surface area contributed by atoms with E-state index < -0.39 is 0 Å². The topological polar surface area (TPSA) is 78.9 Å². The van der Waals surface area contributed by atoms with Crippen LogP contribution >= 0.6 is 11.3 Å². The monoisotopic (exact) mass is 317 g/mol. The van der Waals surface area contributed by atoms with E-state index in [0.29, 0.717) is 6.32 Å². The molecule has 6 heteroatoms. The highest BCUT2D eigenvalue weighted by Gasteiger charge is 2.24. The Kier molecular flexibility index (Phi) is 7.93. The van der Waals surface area contributed by atoms with Gasteiger partial charge in [0.25, 0.3) is 0 Å². The van der Waals surface area contributed by atoms with Crippen molar-refractivity contribution in [2.24, 2.45) is 11.6 Å². The number of nitrogens with one attached hydrogen (secondary N) is 1. The van der Waals surface area contributed by atoms with E-state index in [9.17, 15) is 4.79 Å². The van der Waals surface area contributed by atoms with Crippen LogP contribution in [0.2, 0.25) is 6.32 Å². The minimum atomic E-state index is -0.372. The van der Waals surface area contributed by atoms with E-state index in [1.807, 2.05) is 13.0 Å². The second-order valence-electron chi connectivity index (χ2n) is 5.76. The molecule has 0 radical (unpaired) electrons. The van der Waals surface area contributed by atoms with E-state index in [1.165, 1.54) is 4.88 Å². The molecule has 2 atom stereocenters. The second kappa shape index (κ2) is 9.44. The van der Waals surface area contributed by atoms with E-state index in [4.69, 9.17) is 10.9 Å². The minimum Gasteiger partial charge on any atom is -0.391 e. The van der Waals surface area contributed by atoms with Crippen LogP contribution in [0.4, 0.5) is 0 Å². The summed E-state index contributed by atoms with van der Waals surface area (Å²) in [6.07, 6.45) is 2.69. The molecule has 0 aromatic carbocycles. The summed E-state index contributed by atoms with van der Waals surface area (Å²) in [5.41, 5.74) is 7.24. The van der Waals surface area contributed by atoms with Gasteiger partial charge in [0.2, 0.25) is 12.6 Å². The number of nitrogens with two attached hydrogens (primary N) is 1. The molecule has 118 valence electrons. The number of rotatable bonds is 10. The van der Waals surface area contributed by atoms with Crippen molar-refractivity contribution < 1.29 is 4.79 Å². The minimum absolute atomic E-state index is 0.0634. The van der Waals surface area contributed by atoms with Gasteiger partial charge in [-0.15, -0.1) is 11.3 Å². The Hall–Kier alpha value is -1.58. The fraction of sp³-hybridized carbons (Fsp3) is 0.500. The molecular weight excluding hydrogens is 293 g/mol. The number of nitrogens with zero attached hydrogens (tertiary/aromatic N) is 1. The molecule has 0 amide bonds. The molecule has 1 aromatic heterocycles. The van der Waals surface area contributed by atoms with E-state index in [1.54, 1.807) is 17.4 Å². The van der Waals surface area contributed by atoms with Crippen molar-refractivity contribution in [2.45, 2.75) is 45.4 Å². The van der Waals surface area contributed by atoms with Gasteiger partial charge in [0.15, 0.2) is 0 Å². The van der Waals surface area contributed by atoms with Crippen LogP contribution in [0.5, 0.6) is 0 Å². The van der Waals surface area contributed by atoms with Crippen LogP contribution in [0.15, 0.2) is 29.8 Å². The second-order valence-corrected chi connectivity index (χ2v) is 6.79. The average Bonchev–Trinajstić information content (AvgIpc) is 2.96. The zero-order valence-corrected chi connectivity index (χ0v) is 14.2. The lowest BCUT2D eigenvalue weighted by atomic mass is 9.50. The Morgan fingerprint density at radius 3 is 2.91 bits per heavy atom. The largest absolute Gasteiger partial charge is 0.391 e. The molecule has 0 unspecified atom stereocenters. The van der Waals surface area contributed by atoms with Crippen molar-refractivity contribution in [2.75, 3.05) is 0 Å². The van der Waals surface area contributed by atoms with Gasteiger partial charge in [0.05, 0.1) is 0 Å². The first-order valence-electron chi connectivity index (χ1n) is 7.61. The smallest absolute Gasteiger partial charge is 0.241 e. The molecule has 0 fully saturated rings. The highest BCUT2D eigenvalue weighted by atomic mass is 32.1. The van der Waals surface area contributed by atoms with Crippen molar-refractivity contribution in [3.05, 3.63) is 34.7 Å². The summed E-state index contributed by atoms with van der Waals surface area (Å²) in [6, 6.07) is 5.78. The van der Waals surface area contributed by atoms with Gasteiger partial charge in [-0.1, -0.05) is 32.8 Å². The third-order valence-corrected chi connectivity index (χ3v) is 4.52. The summed E-state index contributed by atoms with van der Waals surface area (Å²) in [5.74, 6) is -0.126. The van der Waals surface area contributed by atoms with Crippen molar-refractivity contribution >= 4 is 24.0 Å². The number of hydrogen-bond acceptors (Lipinski definition) is 5. The maximum atomic E-state index is 11.2. The zero-order chi connectivity index (χ0) is 16.5. The normalized spacial score (nSPS) is 13.0. The molecule has 3 N–H and O–H groups in total. The van der Waals surface area contributed by atoms with Gasteiger partial charge in [0.1, 0.15) is 6.07 Å². The van der Waals surface area contributed by atoms with Gasteiger partial charge < -0.3 is 11.0 Å². The Morgan fingerprint density at radius 1 is 1.64 bits per heavy atom. The van der Waals surface area contributed by atoms with E-state index in [2.05, 4.69) is 30.3 Å². The molecule has 1 heterocycles. The third kappa shape index (κ3) is 6.46. The molecule has 0 aliphatic carbocycles. The first kappa shape index (κ1) is 18.5. The Bertz CT molecular complexity index is 524. The number of carbonyl (C=O) groups is 1. The summed E-state index contributed by atoms with van der Waals surface area (Å²) >= 11 is 1.71. The molecule has 22 heavy (non-hydrogen) atoms. The Labute approximate surface area is 137 Å². The number of carbonyl (C=O) groups excluding carboxylic acids is 1. The van der Waals surface area contributed by atoms with Crippen LogP contribution < -0.4 is 11.0 Å². The zero-order valence-electron chi connectivity index (χ0n) is 13.3. The molecule has 0 saturated carbocycles. The molecule has 0 bridgehead atoms. The maximum Gasteiger partial charge on any atom is 0.241 e. The van der Waals surface area contributed by atoms with Crippen molar-refractivity contribution in [1.29, 1.82) is 5.26 Å². The van der Waals surface area contributed by atoms with Gasteiger partial charge in [0, 0.05) is 29.4 Å². The van der Waals surface area contributed by atoms with E-state index >= 15 is 0 Å². The molecule has 1 aromatic rings. The van der Waals surface area contributed by atoms with Gasteiger partial charge >= 0.3 is 0 Å². The predicted octanol–water partition coefficient (Wildman–Crippen LogP) is 2.78. The van der Waals surface area contributed by atoms with Crippen LogP contribution in [0.3, 0.4) is 0 Å². The van der Waals surface area contributed by atoms with E-state index in [-0.39, 0.29) is 30.9 Å². The van der Waals surface area contributed by atoms with Crippen molar-refractivity contribution in [3.63, 3.8) is 0 Å². The van der Waals surface area contributed by atoms with Gasteiger partial charge in [-0.3, -0.25) is 4.79 Å². The van der Waals surface area contributed by atoms with Gasteiger partial charge in [-0.2, -0.15) is 5.26 Å². The fourth-order valence-corrected chi connectivity index (χ4v) is 3.27. The van der Waals surface area contributed by atoms with Crippen LogP contribution in [0.25, 0.3) is 0 Å². The third-order valence-electron chi connectivity index (χ3n) is 3.65. The van der Waals surface area contributed by atoms with Crippen LogP contribution in [-0.2, 0) is 11.2 Å². The number of nitriles is 1. The maximum absolute atomic E-state index is 11.2. The molecule has 1 rings (SSSR count). The van der Waals surface area contributed by atoms with Gasteiger partial charge in [-0.05, 0) is 23.8 Å². The molecule has 4 nitrogen and oxygen atoms in total. The lowest BCUT2D eigenvalue weighted by Crippen LogP contribution is -2.49. The summed E-state index contributed by atoms with van der Waals surface area (Å²) in [6.45, 7) is 8.06. The highest BCUT2D eigenvalue weighted by Crippen LogP contribution is 2.15. The number of Topliss-reactive ketones (excluding diaryl/α,β-unsaturated/α-hetero) is 1. The number of thiophene rings is 1. The predicted molar refractivity (Wildman–Crippen MR) is 93.5 cm³/mol. The highest BCUT2D eigenvalue weighted by molar-refractivity contribution is 7.09. The fourth-order valence-electron chi connectivity index (χ4n) is 2.52. The van der Waals surface area contributed by atoms with Crippen molar-refractivity contribution in [3.8, 4) is 6.07 Å². The summed E-state index contributed by atoms with van der Waals surface area (Å²) in [7, 11) is 0. The molecule has 0 aliphatic rings. The number of allylic oxidation sites excluding steroid dienone is 1. The number of hydrogen-bond donors (Lipinski definition) is 2. The number of ketones is 1. The van der Waals surface area contributed by atoms with Crippen LogP contribution in [-0.4, -0.2) is 18.6 Å². The summed E-state index contributed by atoms with van der Waals surface area (Å²) in [5, 5.41) is 14.0. The molecular formula is C16H24BN3OS. The van der Waals surface area contributed by atoms with E-state index in [0.717, 1.165) is 18.5 Å². The molecule has 0 spiro atoms. The average molecular weight is 317 g/mol. The summed E-state index contributed by atoms with van der Waals surface area (Å²) in [4.78, 5) is 12.4. The van der Waals surface area contributed by atoms with Crippen molar-refractivity contribution in [1.82, 2.24) is 5.32 Å². The van der Waals surface area contributed by atoms with Crippen LogP contribution in [0.1, 0.15) is 31.6 Å². The molecule has 0 aliphatic heterocycles. The lowest BCUT2D eigenvalue weighted by Gasteiger charge is -2.25. The molecule has 0 saturated heterocycles. The lowest BCUT2D eigenvalue weighted by molar-refractivity contribution is -0.114. The SMILES string of the molecule is C=C(Cc1cccs1)N[C@@H](CC)B(N)C[C@@H](C)CC(=O)C#N. The van der Waals surface area contributed by atoms with Gasteiger partial charge in [-0.25, -0.2) is 0 Å². The standard InChI is InChI=1S/C16H24BN3OS/c1-4-16(17(19)10-12(2)8-14(21)11-18)20-13(3)9-15-6-5-7-22-15/h5-7,12,16,20H,3-4,8-10,19H2,1-2H3/t12-,16-/m0/s1. The Balaban J connectivity index is 2.46. The Morgan fingerprint density at radius 2 is 2.36 bits per heavy atom. The quantitative estimate of drug-likeness (QED) is 0.514. The first-order valence-corrected chi connectivity index (χ1v) is 8.49. The summed E-state index contributed by atoms with van der Waals surface area (Å²) < 4.78 is 0.